The first-order valence-electron chi connectivity index (χ1n) is 12.2. The molecule has 1 aliphatic heterocycles. The van der Waals surface area contributed by atoms with Crippen LogP contribution in [-0.4, -0.2) is 73.9 Å². The van der Waals surface area contributed by atoms with Crippen LogP contribution in [0.3, 0.4) is 0 Å². The minimum atomic E-state index is -1.52. The molecule has 2 aromatic carbocycles. The lowest BCUT2D eigenvalue weighted by atomic mass is 9.90. The summed E-state index contributed by atoms with van der Waals surface area (Å²) in [7, 11) is 3.85. The molecule has 8 heteroatoms. The van der Waals surface area contributed by atoms with Crippen LogP contribution in [0.25, 0.3) is 10.9 Å². The number of hydrogen-bond donors (Lipinski definition) is 2. The first kappa shape index (κ1) is 25.5. The molecule has 0 spiro atoms. The molecule has 3 aromatic rings. The van der Waals surface area contributed by atoms with E-state index in [0.717, 1.165) is 35.2 Å². The average molecular weight is 489 g/mol. The first-order valence-corrected chi connectivity index (χ1v) is 12.2. The van der Waals surface area contributed by atoms with E-state index in [9.17, 15) is 4.39 Å². The Morgan fingerprint density at radius 3 is 2.57 bits per heavy atom. The van der Waals surface area contributed by atoms with Gasteiger partial charge in [0.2, 0.25) is 0 Å². The molecule has 190 valence electrons. The predicted octanol–water partition coefficient (Wildman–Crippen LogP) is 4.67. The highest BCUT2D eigenvalue weighted by molar-refractivity contribution is 5.85. The number of hydrogen-bond acceptors (Lipinski definition) is 4. The fourth-order valence-corrected chi connectivity index (χ4v) is 4.91. The van der Waals surface area contributed by atoms with Gasteiger partial charge in [0.15, 0.2) is 0 Å². The van der Waals surface area contributed by atoms with E-state index < -0.39 is 23.3 Å². The van der Waals surface area contributed by atoms with Crippen LogP contribution in [0.5, 0.6) is 5.75 Å². The highest BCUT2D eigenvalue weighted by atomic mass is 19.1. The van der Waals surface area contributed by atoms with Gasteiger partial charge in [0.1, 0.15) is 29.7 Å². The second-order valence-corrected chi connectivity index (χ2v) is 9.96. The van der Waals surface area contributed by atoms with Crippen LogP contribution < -0.4 is 10.1 Å². The smallest absolute Gasteiger partial charge is 0.135 e. The summed E-state index contributed by atoms with van der Waals surface area (Å²) in [5.74, 6) is -1.24. The van der Waals surface area contributed by atoms with Crippen LogP contribution in [-0.2, 0) is 6.42 Å². The van der Waals surface area contributed by atoms with Gasteiger partial charge in [-0.2, -0.15) is 0 Å². The van der Waals surface area contributed by atoms with Crippen molar-refractivity contribution in [2.75, 3.05) is 53.4 Å². The van der Waals surface area contributed by atoms with Crippen molar-refractivity contribution in [2.45, 2.75) is 32.0 Å². The number of aromatic nitrogens is 1. The molecule has 1 atom stereocenters. The Bertz CT molecular complexity index is 1130. The number of benzene rings is 2. The van der Waals surface area contributed by atoms with E-state index in [0.29, 0.717) is 26.1 Å². The van der Waals surface area contributed by atoms with Crippen molar-refractivity contribution in [2.24, 2.45) is 0 Å². The minimum absolute atomic E-state index is 0.0581. The third-order valence-electron chi connectivity index (χ3n) is 6.52. The zero-order chi connectivity index (χ0) is 25.2. The number of halogens is 3. The molecule has 1 aromatic heterocycles. The molecule has 5 nitrogen and oxygen atoms in total. The van der Waals surface area contributed by atoms with Crippen LogP contribution in [0.1, 0.15) is 36.7 Å². The number of likely N-dealkylation sites (N-methyl/N-ethyl adjacent to an activating group) is 2. The second kappa shape index (κ2) is 10.6. The number of ether oxygens (including phenoxy) is 1. The standard InChI is InChI=1S/C27H35F3N4O/c1-27(2,30)17-34-11-9-20-19-7-5-6-8-23(19)32-25(20)26(34)24-21(28)15-18(16-22(24)29)35-14-13-33(4)12-10-31-3/h5-8,15-16,26,31-32H,9-14,17H2,1-4H3. The van der Waals surface area contributed by atoms with E-state index in [-0.39, 0.29) is 17.9 Å². The number of rotatable bonds is 10. The molecule has 0 aliphatic carbocycles. The van der Waals surface area contributed by atoms with E-state index in [2.05, 4.69) is 15.2 Å². The van der Waals surface area contributed by atoms with E-state index in [1.165, 1.54) is 26.0 Å². The molecule has 1 unspecified atom stereocenters. The Labute approximate surface area is 205 Å². The maximum atomic E-state index is 15.5. The van der Waals surface area contributed by atoms with Gasteiger partial charge in [-0.25, -0.2) is 13.2 Å². The fourth-order valence-electron chi connectivity index (χ4n) is 4.91. The summed E-state index contributed by atoms with van der Waals surface area (Å²) < 4.78 is 51.4. The Hall–Kier alpha value is -2.55. The van der Waals surface area contributed by atoms with Gasteiger partial charge in [-0.3, -0.25) is 4.90 Å². The highest BCUT2D eigenvalue weighted by Crippen LogP contribution is 2.41. The number of fused-ring (bicyclic) bond motifs is 3. The number of nitrogens with zero attached hydrogens (tertiary/aromatic N) is 2. The largest absolute Gasteiger partial charge is 0.492 e. The Balaban J connectivity index is 1.65. The molecule has 2 N–H and O–H groups in total. The summed E-state index contributed by atoms with van der Waals surface area (Å²) >= 11 is 0. The van der Waals surface area contributed by atoms with Crippen LogP contribution in [0.15, 0.2) is 36.4 Å². The van der Waals surface area contributed by atoms with Crippen LogP contribution in [0.4, 0.5) is 13.2 Å². The number of aromatic amines is 1. The van der Waals surface area contributed by atoms with Crippen molar-refractivity contribution in [1.29, 1.82) is 0 Å². The second-order valence-electron chi connectivity index (χ2n) is 9.96. The zero-order valence-electron chi connectivity index (χ0n) is 20.9. The molecule has 35 heavy (non-hydrogen) atoms. The third kappa shape index (κ3) is 5.82. The molecule has 0 radical (unpaired) electrons. The molecule has 0 bridgehead atoms. The minimum Gasteiger partial charge on any atom is -0.492 e. The van der Waals surface area contributed by atoms with E-state index in [4.69, 9.17) is 4.74 Å². The first-order chi connectivity index (χ1) is 16.7. The SMILES string of the molecule is CNCCN(C)CCOc1cc(F)c(C2c3[nH]c4ccccc4c3CCN2CC(C)(C)F)c(F)c1. The van der Waals surface area contributed by atoms with Gasteiger partial charge in [-0.15, -0.1) is 0 Å². The van der Waals surface area contributed by atoms with Crippen molar-refractivity contribution in [1.82, 2.24) is 20.1 Å². The summed E-state index contributed by atoms with van der Waals surface area (Å²) in [4.78, 5) is 7.28. The van der Waals surface area contributed by atoms with Crippen LogP contribution >= 0.6 is 0 Å². The van der Waals surface area contributed by atoms with Crippen molar-refractivity contribution < 1.29 is 17.9 Å². The number of nitrogens with one attached hydrogen (secondary N) is 2. The molecular formula is C27H35F3N4O. The van der Waals surface area contributed by atoms with Gasteiger partial charge >= 0.3 is 0 Å². The van der Waals surface area contributed by atoms with Gasteiger partial charge in [-0.05, 0) is 46.0 Å². The van der Waals surface area contributed by atoms with Crippen LogP contribution in [0.2, 0.25) is 0 Å². The van der Waals surface area contributed by atoms with Gasteiger partial charge in [0, 0.05) is 67.0 Å². The van der Waals surface area contributed by atoms with Crippen molar-refractivity contribution in [3.8, 4) is 5.75 Å². The van der Waals surface area contributed by atoms with Crippen molar-refractivity contribution in [3.05, 3.63) is 64.9 Å². The van der Waals surface area contributed by atoms with Gasteiger partial charge in [0.25, 0.3) is 0 Å². The number of H-pyrrole nitrogens is 1. The Morgan fingerprint density at radius 1 is 1.17 bits per heavy atom. The van der Waals surface area contributed by atoms with E-state index in [1.54, 1.807) is 0 Å². The molecule has 1 aliphatic rings. The summed E-state index contributed by atoms with van der Waals surface area (Å²) in [6.45, 7) is 6.17. The predicted molar refractivity (Wildman–Crippen MR) is 134 cm³/mol. The lowest BCUT2D eigenvalue weighted by Crippen LogP contribution is -2.43. The highest BCUT2D eigenvalue weighted by Gasteiger charge is 2.37. The van der Waals surface area contributed by atoms with Crippen LogP contribution in [0, 0.1) is 11.6 Å². The van der Waals surface area contributed by atoms with E-state index >= 15 is 8.78 Å². The maximum Gasteiger partial charge on any atom is 0.135 e. The molecule has 0 amide bonds. The molecule has 2 heterocycles. The van der Waals surface area contributed by atoms with Gasteiger partial charge in [-0.1, -0.05) is 18.2 Å². The molecular weight excluding hydrogens is 453 g/mol. The lowest BCUT2D eigenvalue weighted by molar-refractivity contribution is 0.0962. The van der Waals surface area contributed by atoms with E-state index in [1.807, 2.05) is 43.3 Å². The Morgan fingerprint density at radius 2 is 1.89 bits per heavy atom. The fraction of sp³-hybridized carbons (Fsp3) is 0.481. The maximum absolute atomic E-state index is 15.5. The van der Waals surface area contributed by atoms with Gasteiger partial charge in [0.05, 0.1) is 6.04 Å². The Kier molecular flexibility index (Phi) is 7.73. The number of para-hydroxylation sites is 1. The normalized spacial score (nSPS) is 16.7. The topological polar surface area (TPSA) is 43.5 Å². The van der Waals surface area contributed by atoms with Gasteiger partial charge < -0.3 is 19.9 Å². The average Bonchev–Trinajstić information content (AvgIpc) is 3.16. The molecule has 0 saturated heterocycles. The number of alkyl halides is 1. The summed E-state index contributed by atoms with van der Waals surface area (Å²) in [5, 5.41) is 4.12. The summed E-state index contributed by atoms with van der Waals surface area (Å²) in [5.41, 5.74) is 1.06. The lowest BCUT2D eigenvalue weighted by Gasteiger charge is -2.38. The molecule has 4 rings (SSSR count). The summed E-state index contributed by atoms with van der Waals surface area (Å²) in [6, 6.07) is 9.54. The zero-order valence-corrected chi connectivity index (χ0v) is 20.9. The monoisotopic (exact) mass is 488 g/mol. The van der Waals surface area contributed by atoms with Crippen molar-refractivity contribution in [3.63, 3.8) is 0 Å². The third-order valence-corrected chi connectivity index (χ3v) is 6.52. The molecule has 0 saturated carbocycles. The quantitative estimate of drug-likeness (QED) is 0.435. The van der Waals surface area contributed by atoms with Crippen molar-refractivity contribution >= 4 is 10.9 Å². The summed E-state index contributed by atoms with van der Waals surface area (Å²) in [6.07, 6.45) is 0.678. The molecule has 0 fully saturated rings.